The van der Waals surface area contributed by atoms with Crippen LogP contribution in [-0.4, -0.2) is 78.4 Å². The lowest BCUT2D eigenvalue weighted by molar-refractivity contribution is -0.145. The maximum absolute atomic E-state index is 17.0. The van der Waals surface area contributed by atoms with Crippen molar-refractivity contribution in [2.45, 2.75) is 76.5 Å². The molecule has 2 unspecified atom stereocenters. The van der Waals surface area contributed by atoms with E-state index in [4.69, 9.17) is 11.5 Å². The number of primary amides is 2. The van der Waals surface area contributed by atoms with E-state index in [1.165, 1.54) is 24.4 Å². The summed E-state index contributed by atoms with van der Waals surface area (Å²) in [6.07, 6.45) is 0.397. The molecule has 2 aliphatic rings. The summed E-state index contributed by atoms with van der Waals surface area (Å²) < 4.78 is 139. The highest BCUT2D eigenvalue weighted by molar-refractivity contribution is 5.95. The lowest BCUT2D eigenvalue weighted by Crippen LogP contribution is -2.35. The Hall–Kier alpha value is -9.52. The second-order valence-electron chi connectivity index (χ2n) is 20.4. The Kier molecular flexibility index (Phi) is 16.1. The molecule has 0 radical (unpaired) electrons. The molecule has 1 aliphatic heterocycles. The molecule has 0 saturated heterocycles. The number of aliphatic imine (C=N–C) groups is 1. The molecule has 4 amide bonds. The van der Waals surface area contributed by atoms with Crippen LogP contribution in [-0.2, 0) is 67.6 Å². The highest BCUT2D eigenvalue weighted by Gasteiger charge is 2.42. The van der Waals surface area contributed by atoms with Crippen LogP contribution in [0.5, 0.6) is 0 Å². The van der Waals surface area contributed by atoms with Gasteiger partial charge in [0.15, 0.2) is 0 Å². The standard InChI is InChI=1S/C59H49F9N12O4/c1-71-24-48-37-5-3-7-50(37)79(76-48)27-51(81)74-46(54-36(6-4-12-72-54)31-8-10-42(62)39(19-31)57(69)83)18-30-15-44(64)53(45(65)16-30)33-21-38(32-9-11-43(63)40(20-32)58(70)84)55(73-23-33)47(17-29-13-34(60)22-35(61)14-29)75-52(82)28-80-56(59(66,67)68)41-25-78(2)26-49(41)77-80/h4,6,8-16,19-24,46-47H,3,5,7,17-18,25-28H2,1-2H3,(H2,69,83)(H2,70,84)(H,74,81)(H,75,82)/b71-24+. The predicted molar refractivity (Wildman–Crippen MR) is 287 cm³/mol. The number of aromatic nitrogens is 6. The molecule has 432 valence electrons. The van der Waals surface area contributed by atoms with Crippen molar-refractivity contribution in [3.8, 4) is 33.4 Å². The lowest BCUT2D eigenvalue weighted by Gasteiger charge is -2.23. The van der Waals surface area contributed by atoms with Crippen molar-refractivity contribution < 1.29 is 58.7 Å². The van der Waals surface area contributed by atoms with E-state index >= 15 is 13.2 Å². The molecule has 0 spiro atoms. The number of nitrogens with zero attached hydrogens (tertiary/aromatic N) is 8. The number of fused-ring (bicyclic) bond motifs is 2. The summed E-state index contributed by atoms with van der Waals surface area (Å²) in [5.41, 5.74) is 10.3. The summed E-state index contributed by atoms with van der Waals surface area (Å²) in [5, 5.41) is 14.2. The largest absolute Gasteiger partial charge is 0.433 e. The fourth-order valence-corrected chi connectivity index (χ4v) is 11.0. The van der Waals surface area contributed by atoms with Crippen molar-refractivity contribution >= 4 is 29.8 Å². The van der Waals surface area contributed by atoms with Crippen LogP contribution in [0.1, 0.15) is 95.6 Å². The molecule has 0 fully saturated rings. The van der Waals surface area contributed by atoms with Gasteiger partial charge in [0.2, 0.25) is 11.8 Å². The van der Waals surface area contributed by atoms with Gasteiger partial charge in [-0.05, 0) is 122 Å². The summed E-state index contributed by atoms with van der Waals surface area (Å²) in [6, 6.07) is 12.6. The topological polar surface area (TPSA) is 221 Å². The first-order valence-corrected chi connectivity index (χ1v) is 26.0. The number of alkyl halides is 3. The number of rotatable bonds is 18. The Morgan fingerprint density at radius 1 is 0.667 bits per heavy atom. The minimum absolute atomic E-state index is 0.0309. The maximum Gasteiger partial charge on any atom is 0.433 e. The second-order valence-corrected chi connectivity index (χ2v) is 20.4. The van der Waals surface area contributed by atoms with Crippen molar-refractivity contribution in [3.05, 3.63) is 200 Å². The van der Waals surface area contributed by atoms with Gasteiger partial charge in [0.1, 0.15) is 59.4 Å². The smallest absolute Gasteiger partial charge is 0.366 e. The van der Waals surface area contributed by atoms with Gasteiger partial charge in [-0.25, -0.2) is 26.3 Å². The van der Waals surface area contributed by atoms with Crippen molar-refractivity contribution in [1.82, 2.24) is 45.1 Å². The number of hydrogen-bond acceptors (Lipinski definition) is 10. The van der Waals surface area contributed by atoms with Crippen molar-refractivity contribution in [1.29, 1.82) is 0 Å². The number of carbonyl (C=O) groups is 4. The van der Waals surface area contributed by atoms with Crippen LogP contribution in [0.4, 0.5) is 39.5 Å². The first-order chi connectivity index (χ1) is 40.0. The number of halogens is 9. The van der Waals surface area contributed by atoms with E-state index < -0.39 is 112 Å². The molecule has 4 aromatic carbocycles. The zero-order chi connectivity index (χ0) is 59.9. The van der Waals surface area contributed by atoms with Gasteiger partial charge >= 0.3 is 6.18 Å². The second kappa shape index (κ2) is 23.4. The van der Waals surface area contributed by atoms with Crippen molar-refractivity contribution in [2.24, 2.45) is 16.5 Å². The van der Waals surface area contributed by atoms with Crippen molar-refractivity contribution in [3.63, 3.8) is 0 Å². The number of carbonyl (C=O) groups excluding carboxylic acids is 4. The molecule has 84 heavy (non-hydrogen) atoms. The Morgan fingerprint density at radius 3 is 1.85 bits per heavy atom. The van der Waals surface area contributed by atoms with Crippen LogP contribution in [0.25, 0.3) is 33.4 Å². The maximum atomic E-state index is 17.0. The van der Waals surface area contributed by atoms with Crippen LogP contribution in [0, 0.1) is 34.9 Å². The molecule has 1 aliphatic carbocycles. The first-order valence-electron chi connectivity index (χ1n) is 26.0. The van der Waals surface area contributed by atoms with Crippen LogP contribution in [0.15, 0.2) is 102 Å². The summed E-state index contributed by atoms with van der Waals surface area (Å²) in [7, 11) is 3.19. The fourth-order valence-electron chi connectivity index (χ4n) is 11.0. The number of benzene rings is 4. The summed E-state index contributed by atoms with van der Waals surface area (Å²) in [4.78, 5) is 67.8. The first kappa shape index (κ1) is 57.7. The van der Waals surface area contributed by atoms with Crippen LogP contribution in [0.2, 0.25) is 0 Å². The van der Waals surface area contributed by atoms with Gasteiger partial charge in [-0.15, -0.1) is 0 Å². The summed E-state index contributed by atoms with van der Waals surface area (Å²) in [6.45, 7) is -1.33. The molecule has 0 saturated carbocycles. The Balaban J connectivity index is 1.04. The average molecular weight is 1160 g/mol. The van der Waals surface area contributed by atoms with E-state index in [-0.39, 0.29) is 82.1 Å². The Labute approximate surface area is 472 Å². The molecule has 5 heterocycles. The number of hydrogen-bond donors (Lipinski definition) is 4. The zero-order valence-electron chi connectivity index (χ0n) is 44.6. The molecule has 2 atom stereocenters. The molecule has 6 N–H and O–H groups in total. The predicted octanol–water partition coefficient (Wildman–Crippen LogP) is 8.61. The SMILES string of the molecule is C/N=C/c1nn(CC(=O)NC(Cc2cc(F)c(-c3cnc(C(Cc4cc(F)cc(F)c4)NC(=O)Cn4nc5c(c4C(F)(F)F)CN(C)C5)c(-c4ccc(F)c(C(N)=O)c4)c3)c(F)c2)c2ncccc2-c2ccc(F)c(C(N)=O)c2)c2c1CCC2. The highest BCUT2D eigenvalue weighted by atomic mass is 19.4. The molecule has 25 heteroatoms. The van der Waals surface area contributed by atoms with E-state index in [9.17, 15) is 45.5 Å². The quantitative estimate of drug-likeness (QED) is 0.0477. The third kappa shape index (κ3) is 12.0. The van der Waals surface area contributed by atoms with E-state index in [0.29, 0.717) is 28.4 Å². The van der Waals surface area contributed by atoms with E-state index in [1.807, 2.05) is 0 Å². The lowest BCUT2D eigenvalue weighted by atomic mass is 9.91. The van der Waals surface area contributed by atoms with Crippen molar-refractivity contribution in [2.75, 3.05) is 14.1 Å². The third-order valence-corrected chi connectivity index (χ3v) is 14.5. The fraction of sp³-hybridized carbons (Fsp3) is 0.237. The van der Waals surface area contributed by atoms with E-state index in [0.717, 1.165) is 78.8 Å². The molecule has 10 rings (SSSR count). The van der Waals surface area contributed by atoms with Gasteiger partial charge in [-0.2, -0.15) is 23.4 Å². The number of amides is 4. The Bertz CT molecular complexity index is 3950. The van der Waals surface area contributed by atoms with Gasteiger partial charge in [0.05, 0.1) is 45.9 Å². The molecule has 0 bridgehead atoms. The van der Waals surface area contributed by atoms with Crippen LogP contribution >= 0.6 is 0 Å². The monoisotopic (exact) mass is 1160 g/mol. The van der Waals surface area contributed by atoms with Gasteiger partial charge in [0.25, 0.3) is 11.8 Å². The molecule has 8 aromatic rings. The number of nitrogens with one attached hydrogen (secondary N) is 2. The van der Waals surface area contributed by atoms with Crippen LogP contribution < -0.4 is 22.1 Å². The molecular formula is C59H49F9N12O4. The van der Waals surface area contributed by atoms with Crippen LogP contribution in [0.3, 0.4) is 0 Å². The molecule has 16 nitrogen and oxygen atoms in total. The number of nitrogens with two attached hydrogens (primary N) is 2. The zero-order valence-corrected chi connectivity index (χ0v) is 44.6. The van der Waals surface area contributed by atoms with Gasteiger partial charge in [0, 0.05) is 78.3 Å². The summed E-state index contributed by atoms with van der Waals surface area (Å²) >= 11 is 0. The number of pyridine rings is 2. The highest BCUT2D eigenvalue weighted by Crippen LogP contribution is 2.40. The van der Waals surface area contributed by atoms with Gasteiger partial charge < -0.3 is 22.1 Å². The third-order valence-electron chi connectivity index (χ3n) is 14.5. The minimum Gasteiger partial charge on any atom is -0.366 e. The van der Waals surface area contributed by atoms with Gasteiger partial charge in [-0.1, -0.05) is 18.2 Å². The van der Waals surface area contributed by atoms with Gasteiger partial charge in [-0.3, -0.25) is 48.4 Å². The van der Waals surface area contributed by atoms with E-state index in [1.54, 1.807) is 42.0 Å². The van der Waals surface area contributed by atoms with E-state index in [2.05, 4.69) is 35.8 Å². The average Bonchev–Trinajstić information content (AvgIpc) is 1.96. The molecular weight excluding hydrogens is 1110 g/mol. The minimum atomic E-state index is -4.95. The Morgan fingerprint density at radius 2 is 1.25 bits per heavy atom. The summed E-state index contributed by atoms with van der Waals surface area (Å²) in [5.74, 6) is -10.3. The normalized spacial score (nSPS) is 13.9. The molecule has 4 aromatic heterocycles.